The first kappa shape index (κ1) is 21.6. The van der Waals surface area contributed by atoms with E-state index in [9.17, 15) is 9.59 Å². The van der Waals surface area contributed by atoms with Crippen molar-refractivity contribution in [3.8, 4) is 5.88 Å². The van der Waals surface area contributed by atoms with Crippen molar-refractivity contribution >= 4 is 17.6 Å². The third-order valence-corrected chi connectivity index (χ3v) is 5.01. The maximum atomic E-state index is 12.6. The summed E-state index contributed by atoms with van der Waals surface area (Å²) in [6.45, 7) is 2.32. The fourth-order valence-corrected chi connectivity index (χ4v) is 3.31. The van der Waals surface area contributed by atoms with Gasteiger partial charge in [-0.15, -0.1) is 0 Å². The fraction of sp³-hybridized carbons (Fsp3) is 0.409. The third-order valence-electron chi connectivity index (χ3n) is 5.01. The number of methoxy groups -OCH3 is 1. The maximum Gasteiger partial charge on any atom is 0.321 e. The molecule has 3 amide bonds. The molecule has 30 heavy (non-hydrogen) atoms. The molecule has 0 spiro atoms. The molecule has 1 aliphatic heterocycles. The lowest BCUT2D eigenvalue weighted by atomic mass is 9.96. The summed E-state index contributed by atoms with van der Waals surface area (Å²) in [5.74, 6) is 0.382. The van der Waals surface area contributed by atoms with Gasteiger partial charge in [-0.3, -0.25) is 4.79 Å². The molecule has 3 rings (SSSR count). The van der Waals surface area contributed by atoms with Crippen molar-refractivity contribution in [3.63, 3.8) is 0 Å². The van der Waals surface area contributed by atoms with Gasteiger partial charge in [0, 0.05) is 50.1 Å². The molecule has 8 heteroatoms. The van der Waals surface area contributed by atoms with E-state index in [2.05, 4.69) is 15.6 Å². The highest BCUT2D eigenvalue weighted by molar-refractivity contribution is 5.89. The van der Waals surface area contributed by atoms with Crippen LogP contribution in [0.1, 0.15) is 18.4 Å². The fourth-order valence-electron chi connectivity index (χ4n) is 3.31. The van der Waals surface area contributed by atoms with E-state index in [1.165, 1.54) is 0 Å². The van der Waals surface area contributed by atoms with E-state index < -0.39 is 0 Å². The van der Waals surface area contributed by atoms with Crippen LogP contribution in [0.2, 0.25) is 0 Å². The maximum absolute atomic E-state index is 12.6. The summed E-state index contributed by atoms with van der Waals surface area (Å²) >= 11 is 0. The molecule has 1 aromatic carbocycles. The Balaban J connectivity index is 1.44. The molecule has 8 nitrogen and oxygen atoms in total. The van der Waals surface area contributed by atoms with Crippen LogP contribution in [0.25, 0.3) is 0 Å². The first-order valence-electron chi connectivity index (χ1n) is 10.1. The molecular weight excluding hydrogens is 384 g/mol. The van der Waals surface area contributed by atoms with Crippen molar-refractivity contribution in [2.75, 3.05) is 38.7 Å². The number of anilines is 1. The number of carbonyl (C=O) groups excluding carboxylic acids is 2. The van der Waals surface area contributed by atoms with Gasteiger partial charge in [-0.25, -0.2) is 9.78 Å². The first-order valence-corrected chi connectivity index (χ1v) is 10.1. The molecule has 0 unspecified atom stereocenters. The average molecular weight is 412 g/mol. The summed E-state index contributed by atoms with van der Waals surface area (Å²) in [7, 11) is 1.61. The minimum atomic E-state index is -0.131. The molecule has 0 bridgehead atoms. The molecule has 2 aromatic rings. The number of benzene rings is 1. The number of urea groups is 1. The smallest absolute Gasteiger partial charge is 0.321 e. The van der Waals surface area contributed by atoms with Crippen LogP contribution in [0.3, 0.4) is 0 Å². The van der Waals surface area contributed by atoms with Crippen molar-refractivity contribution in [2.45, 2.75) is 19.4 Å². The Bertz CT molecular complexity index is 823. The molecule has 0 saturated carbocycles. The Morgan fingerprint density at radius 2 is 1.87 bits per heavy atom. The van der Waals surface area contributed by atoms with Crippen molar-refractivity contribution in [2.24, 2.45) is 5.92 Å². The summed E-state index contributed by atoms with van der Waals surface area (Å²) in [4.78, 5) is 31.0. The van der Waals surface area contributed by atoms with E-state index in [4.69, 9.17) is 9.47 Å². The number of hydrogen-bond acceptors (Lipinski definition) is 5. The number of hydrogen-bond donors (Lipinski definition) is 2. The lowest BCUT2D eigenvalue weighted by Crippen LogP contribution is -2.44. The SMILES string of the molecule is COCCOc1ncccc1CNC(=O)C1CCN(C(=O)Nc2ccccc2)CC1. The molecule has 0 atom stereocenters. The van der Waals surface area contributed by atoms with Gasteiger partial charge in [0.05, 0.1) is 6.61 Å². The number of rotatable bonds is 8. The van der Waals surface area contributed by atoms with E-state index in [-0.39, 0.29) is 17.9 Å². The summed E-state index contributed by atoms with van der Waals surface area (Å²) in [5.41, 5.74) is 1.59. The number of amides is 3. The second-order valence-electron chi connectivity index (χ2n) is 7.08. The second kappa shape index (κ2) is 11.2. The van der Waals surface area contributed by atoms with Gasteiger partial charge in [-0.05, 0) is 31.0 Å². The van der Waals surface area contributed by atoms with Gasteiger partial charge in [0.15, 0.2) is 0 Å². The molecule has 1 aromatic heterocycles. The third kappa shape index (κ3) is 6.18. The zero-order valence-corrected chi connectivity index (χ0v) is 17.2. The van der Waals surface area contributed by atoms with Gasteiger partial charge in [0.25, 0.3) is 0 Å². The molecule has 1 aliphatic rings. The van der Waals surface area contributed by atoms with Gasteiger partial charge < -0.3 is 25.0 Å². The molecule has 0 aliphatic carbocycles. The highest BCUT2D eigenvalue weighted by atomic mass is 16.5. The van der Waals surface area contributed by atoms with Crippen LogP contribution < -0.4 is 15.4 Å². The van der Waals surface area contributed by atoms with E-state index in [0.717, 1.165) is 11.3 Å². The number of carbonyl (C=O) groups is 2. The van der Waals surface area contributed by atoms with Crippen LogP contribution in [-0.2, 0) is 16.1 Å². The Morgan fingerprint density at radius 3 is 2.60 bits per heavy atom. The summed E-state index contributed by atoms with van der Waals surface area (Å²) < 4.78 is 10.6. The normalized spacial score (nSPS) is 14.2. The van der Waals surface area contributed by atoms with Crippen LogP contribution in [0, 0.1) is 5.92 Å². The van der Waals surface area contributed by atoms with Crippen molar-refractivity contribution < 1.29 is 19.1 Å². The zero-order valence-electron chi connectivity index (χ0n) is 17.2. The highest BCUT2D eigenvalue weighted by Crippen LogP contribution is 2.20. The first-order chi connectivity index (χ1) is 14.7. The molecule has 1 fully saturated rings. The van der Waals surface area contributed by atoms with Crippen LogP contribution in [0.4, 0.5) is 10.5 Å². The van der Waals surface area contributed by atoms with Gasteiger partial charge in [-0.1, -0.05) is 24.3 Å². The Kier molecular flexibility index (Phi) is 8.02. The van der Waals surface area contributed by atoms with E-state index in [1.807, 2.05) is 42.5 Å². The minimum absolute atomic E-state index is 0.00943. The van der Waals surface area contributed by atoms with Gasteiger partial charge in [0.2, 0.25) is 11.8 Å². The predicted octanol–water partition coefficient (Wildman–Crippen LogP) is 2.67. The summed E-state index contributed by atoms with van der Waals surface area (Å²) in [6.07, 6.45) is 2.93. The van der Waals surface area contributed by atoms with E-state index >= 15 is 0 Å². The molecule has 2 N–H and O–H groups in total. The monoisotopic (exact) mass is 412 g/mol. The number of aromatic nitrogens is 1. The Hall–Kier alpha value is -3.13. The predicted molar refractivity (Wildman–Crippen MR) is 113 cm³/mol. The number of ether oxygens (including phenoxy) is 2. The molecule has 1 saturated heterocycles. The summed E-state index contributed by atoms with van der Waals surface area (Å²) in [5, 5.41) is 5.86. The van der Waals surface area contributed by atoms with Crippen molar-refractivity contribution in [1.82, 2.24) is 15.2 Å². The topological polar surface area (TPSA) is 92.8 Å². The van der Waals surface area contributed by atoms with Crippen LogP contribution in [-0.4, -0.2) is 55.2 Å². The number of para-hydroxylation sites is 1. The standard InChI is InChI=1S/C22H28N4O4/c1-29-14-15-30-21-18(6-5-11-23-21)16-24-20(27)17-9-12-26(13-10-17)22(28)25-19-7-3-2-4-8-19/h2-8,11,17H,9-10,12-16H2,1H3,(H,24,27)(H,25,28). The van der Waals surface area contributed by atoms with E-state index in [0.29, 0.717) is 51.6 Å². The van der Waals surface area contributed by atoms with Crippen molar-refractivity contribution in [3.05, 3.63) is 54.2 Å². The van der Waals surface area contributed by atoms with Crippen LogP contribution >= 0.6 is 0 Å². The van der Waals surface area contributed by atoms with Crippen LogP contribution in [0.5, 0.6) is 5.88 Å². The second-order valence-corrected chi connectivity index (χ2v) is 7.08. The molecule has 160 valence electrons. The number of nitrogens with zero attached hydrogens (tertiary/aromatic N) is 2. The molecular formula is C22H28N4O4. The quantitative estimate of drug-likeness (QED) is 0.651. The lowest BCUT2D eigenvalue weighted by Gasteiger charge is -2.31. The molecule has 2 heterocycles. The number of likely N-dealkylation sites (tertiary alicyclic amines) is 1. The Labute approximate surface area is 176 Å². The number of pyridine rings is 1. The van der Waals surface area contributed by atoms with Gasteiger partial charge in [-0.2, -0.15) is 0 Å². The lowest BCUT2D eigenvalue weighted by molar-refractivity contribution is -0.126. The highest BCUT2D eigenvalue weighted by Gasteiger charge is 2.27. The minimum Gasteiger partial charge on any atom is -0.475 e. The molecule has 0 radical (unpaired) electrons. The number of nitrogens with one attached hydrogen (secondary N) is 2. The zero-order chi connectivity index (χ0) is 21.2. The van der Waals surface area contributed by atoms with Crippen molar-refractivity contribution in [1.29, 1.82) is 0 Å². The van der Waals surface area contributed by atoms with Gasteiger partial charge in [0.1, 0.15) is 6.61 Å². The largest absolute Gasteiger partial charge is 0.475 e. The average Bonchev–Trinajstić information content (AvgIpc) is 2.79. The Morgan fingerprint density at radius 1 is 1.10 bits per heavy atom. The van der Waals surface area contributed by atoms with Gasteiger partial charge >= 0.3 is 6.03 Å². The summed E-state index contributed by atoms with van der Waals surface area (Å²) in [6, 6.07) is 12.9. The van der Waals surface area contributed by atoms with Crippen LogP contribution in [0.15, 0.2) is 48.7 Å². The van der Waals surface area contributed by atoms with E-state index in [1.54, 1.807) is 18.2 Å². The number of piperidine rings is 1.